The summed E-state index contributed by atoms with van der Waals surface area (Å²) in [7, 11) is 0. The fraction of sp³-hybridized carbons (Fsp3) is 0.0455. The van der Waals surface area contributed by atoms with Gasteiger partial charge in [0.1, 0.15) is 5.82 Å². The van der Waals surface area contributed by atoms with Crippen molar-refractivity contribution in [2.75, 3.05) is 5.32 Å². The van der Waals surface area contributed by atoms with Crippen molar-refractivity contribution in [1.29, 1.82) is 0 Å². The Morgan fingerprint density at radius 3 is 2.57 bits per heavy atom. The van der Waals surface area contributed by atoms with Gasteiger partial charge in [-0.3, -0.25) is 4.79 Å². The van der Waals surface area contributed by atoms with Crippen molar-refractivity contribution in [2.45, 2.75) is 6.54 Å². The fourth-order valence-corrected chi connectivity index (χ4v) is 3.49. The van der Waals surface area contributed by atoms with Crippen molar-refractivity contribution in [3.8, 4) is 5.69 Å². The summed E-state index contributed by atoms with van der Waals surface area (Å²) in [6, 6.07) is 7.04. The van der Waals surface area contributed by atoms with E-state index in [1.54, 1.807) is 23.0 Å². The van der Waals surface area contributed by atoms with Crippen molar-refractivity contribution in [3.63, 3.8) is 0 Å². The molecule has 5 N–H and O–H groups in total. The molecule has 0 aliphatic carbocycles. The van der Waals surface area contributed by atoms with E-state index < -0.39 is 35.0 Å². The molecule has 4 rings (SSSR count). The maximum absolute atomic E-state index is 14.0. The summed E-state index contributed by atoms with van der Waals surface area (Å²) in [4.78, 5) is 52.3. The Labute approximate surface area is 199 Å². The van der Waals surface area contributed by atoms with Gasteiger partial charge in [0, 0.05) is 18.9 Å². The molecular weight excluding hydrogens is 485 g/mol. The zero-order chi connectivity index (χ0) is 25.3. The lowest BCUT2D eigenvalue weighted by molar-refractivity contribution is 0.0681. The number of benzene rings is 2. The monoisotopic (exact) mass is 499 g/mol. The third-order valence-electron chi connectivity index (χ3n) is 4.91. The molecule has 13 heteroatoms. The number of hydrogen-bond donors (Lipinski definition) is 5. The third-order valence-corrected chi connectivity index (χ3v) is 5.22. The van der Waals surface area contributed by atoms with E-state index in [1.165, 1.54) is 18.2 Å². The molecule has 0 fully saturated rings. The number of aromatic carboxylic acids is 2. The number of carboxylic acids is 2. The van der Waals surface area contributed by atoms with Gasteiger partial charge in [-0.25, -0.2) is 23.8 Å². The van der Waals surface area contributed by atoms with Crippen LogP contribution in [-0.4, -0.2) is 42.7 Å². The number of carboxylic acid groups (broad SMARTS) is 2. The van der Waals surface area contributed by atoms with Gasteiger partial charge in [0.2, 0.25) is 5.69 Å². The molecule has 2 amide bonds. The molecule has 0 saturated carbocycles. The van der Waals surface area contributed by atoms with Crippen molar-refractivity contribution >= 4 is 46.3 Å². The van der Waals surface area contributed by atoms with Gasteiger partial charge in [-0.1, -0.05) is 11.6 Å². The highest BCUT2D eigenvalue weighted by atomic mass is 35.5. The lowest BCUT2D eigenvalue weighted by Crippen LogP contribution is -2.28. The maximum Gasteiger partial charge on any atom is 0.360 e. The Bertz CT molecular complexity index is 1560. The highest BCUT2D eigenvalue weighted by Gasteiger charge is 2.15. The number of aromatic amines is 1. The number of rotatable bonds is 6. The number of anilines is 1. The molecule has 0 radical (unpaired) electrons. The first-order valence-electron chi connectivity index (χ1n) is 9.84. The Morgan fingerprint density at radius 2 is 1.89 bits per heavy atom. The number of hydrogen-bond acceptors (Lipinski definition) is 5. The number of carbonyl (C=O) groups is 3. The predicted octanol–water partition coefficient (Wildman–Crippen LogP) is 3.22. The molecule has 2 aromatic carbocycles. The standard InChI is InChI=1S/C22H15ClFN5O6/c23-12-6-15-16(26-18(21(33)34)19(30)27-15)7-17(12)29-4-3-10(9-29)8-25-22(35)28-14-2-1-11(20(31)32)5-13(14)24/h1-7,9H,8H2,(H,27,30)(H,31,32)(H,33,34)(H2,25,28,35). The lowest BCUT2D eigenvalue weighted by atomic mass is 10.2. The Kier molecular flexibility index (Phi) is 6.21. The molecule has 0 spiro atoms. The molecule has 35 heavy (non-hydrogen) atoms. The van der Waals surface area contributed by atoms with Crippen LogP contribution >= 0.6 is 11.6 Å². The summed E-state index contributed by atoms with van der Waals surface area (Å²) < 4.78 is 15.6. The molecular formula is C22H15ClFN5O6. The first-order valence-corrected chi connectivity index (χ1v) is 10.2. The fourth-order valence-electron chi connectivity index (χ4n) is 3.23. The Morgan fingerprint density at radius 1 is 1.11 bits per heavy atom. The summed E-state index contributed by atoms with van der Waals surface area (Å²) in [5, 5.41) is 23.1. The Balaban J connectivity index is 1.48. The van der Waals surface area contributed by atoms with Gasteiger partial charge in [0.05, 0.1) is 33.0 Å². The first-order chi connectivity index (χ1) is 16.6. The van der Waals surface area contributed by atoms with Crippen molar-refractivity contribution in [2.24, 2.45) is 0 Å². The summed E-state index contributed by atoms with van der Waals surface area (Å²) in [5.74, 6) is -3.64. The van der Waals surface area contributed by atoms with Gasteiger partial charge >= 0.3 is 18.0 Å². The zero-order valence-electron chi connectivity index (χ0n) is 17.5. The number of carbonyl (C=O) groups excluding carboxylic acids is 1. The van der Waals surface area contributed by atoms with E-state index in [-0.39, 0.29) is 33.9 Å². The van der Waals surface area contributed by atoms with E-state index >= 15 is 0 Å². The number of fused-ring (bicyclic) bond motifs is 1. The molecule has 0 unspecified atom stereocenters. The van der Waals surface area contributed by atoms with Crippen LogP contribution in [0.15, 0.2) is 53.6 Å². The first kappa shape index (κ1) is 23.4. The number of H-pyrrole nitrogens is 1. The summed E-state index contributed by atoms with van der Waals surface area (Å²) in [6.45, 7) is 0.0631. The smallest absolute Gasteiger partial charge is 0.360 e. The molecule has 11 nitrogen and oxygen atoms in total. The molecule has 178 valence electrons. The molecule has 0 aliphatic rings. The van der Waals surface area contributed by atoms with Crippen LogP contribution in [0.1, 0.15) is 26.4 Å². The zero-order valence-corrected chi connectivity index (χ0v) is 18.3. The number of urea groups is 1. The molecule has 0 saturated heterocycles. The minimum absolute atomic E-state index is 0.0631. The van der Waals surface area contributed by atoms with Gasteiger partial charge in [-0.15, -0.1) is 0 Å². The minimum atomic E-state index is -1.46. The highest BCUT2D eigenvalue weighted by Crippen LogP contribution is 2.25. The third kappa shape index (κ3) is 4.96. The quantitative estimate of drug-likeness (QED) is 0.271. The van der Waals surface area contributed by atoms with Crippen LogP contribution in [0.4, 0.5) is 14.9 Å². The average Bonchev–Trinajstić information content (AvgIpc) is 3.26. The summed E-state index contributed by atoms with van der Waals surface area (Å²) in [6.07, 6.45) is 3.30. The summed E-state index contributed by atoms with van der Waals surface area (Å²) in [5.41, 5.74) is -0.345. The lowest BCUT2D eigenvalue weighted by Gasteiger charge is -2.09. The number of nitrogens with one attached hydrogen (secondary N) is 3. The van der Waals surface area contributed by atoms with E-state index in [0.717, 1.165) is 12.1 Å². The van der Waals surface area contributed by atoms with Crippen LogP contribution in [0.3, 0.4) is 0 Å². The number of nitrogens with zero attached hydrogens (tertiary/aromatic N) is 2. The number of halogens is 2. The maximum atomic E-state index is 14.0. The van der Waals surface area contributed by atoms with Crippen LogP contribution in [0.25, 0.3) is 16.7 Å². The second-order valence-corrected chi connectivity index (χ2v) is 7.68. The SMILES string of the molecule is O=C(NCc1ccn(-c2cc3nc(C(=O)O)c(=O)[nH]c3cc2Cl)c1)Nc1ccc(C(=O)O)cc1F. The van der Waals surface area contributed by atoms with Crippen molar-refractivity contribution in [1.82, 2.24) is 19.9 Å². The van der Waals surface area contributed by atoms with Crippen LogP contribution in [-0.2, 0) is 6.54 Å². The van der Waals surface area contributed by atoms with Gasteiger partial charge in [-0.2, -0.15) is 0 Å². The van der Waals surface area contributed by atoms with Crippen molar-refractivity contribution < 1.29 is 29.0 Å². The molecule has 2 aromatic heterocycles. The minimum Gasteiger partial charge on any atom is -0.478 e. The number of amides is 2. The average molecular weight is 500 g/mol. The molecule has 4 aromatic rings. The van der Waals surface area contributed by atoms with Gasteiger partial charge in [-0.05, 0) is 42.0 Å². The summed E-state index contributed by atoms with van der Waals surface area (Å²) >= 11 is 6.33. The van der Waals surface area contributed by atoms with E-state index in [4.69, 9.17) is 21.8 Å². The Hall–Kier alpha value is -4.71. The van der Waals surface area contributed by atoms with Gasteiger partial charge in [0.15, 0.2) is 0 Å². The van der Waals surface area contributed by atoms with E-state index in [0.29, 0.717) is 11.3 Å². The van der Waals surface area contributed by atoms with Crippen LogP contribution in [0.2, 0.25) is 5.02 Å². The van der Waals surface area contributed by atoms with E-state index in [1.807, 2.05) is 0 Å². The van der Waals surface area contributed by atoms with Crippen LogP contribution in [0, 0.1) is 5.82 Å². The number of aromatic nitrogens is 3. The second kappa shape index (κ2) is 9.27. The normalized spacial score (nSPS) is 10.8. The molecule has 0 aliphatic heterocycles. The molecule has 0 bridgehead atoms. The second-order valence-electron chi connectivity index (χ2n) is 7.27. The largest absolute Gasteiger partial charge is 0.478 e. The van der Waals surface area contributed by atoms with Crippen LogP contribution in [0.5, 0.6) is 0 Å². The predicted molar refractivity (Wildman–Crippen MR) is 123 cm³/mol. The molecule has 0 atom stereocenters. The van der Waals surface area contributed by atoms with E-state index in [2.05, 4.69) is 20.6 Å². The highest BCUT2D eigenvalue weighted by molar-refractivity contribution is 6.33. The molecule has 2 heterocycles. The van der Waals surface area contributed by atoms with E-state index in [9.17, 15) is 23.6 Å². The topological polar surface area (TPSA) is 166 Å². The van der Waals surface area contributed by atoms with Crippen molar-refractivity contribution in [3.05, 3.63) is 86.8 Å². The van der Waals surface area contributed by atoms with Crippen LogP contribution < -0.4 is 16.2 Å². The van der Waals surface area contributed by atoms with Gasteiger partial charge < -0.3 is 30.4 Å². The van der Waals surface area contributed by atoms with Gasteiger partial charge in [0.25, 0.3) is 5.56 Å².